The molecule has 9 heteroatoms. The number of rotatable bonds is 5. The Morgan fingerprint density at radius 3 is 3.09 bits per heavy atom. The minimum absolute atomic E-state index is 0.130. The summed E-state index contributed by atoms with van der Waals surface area (Å²) < 4.78 is 5.46. The molecule has 0 aliphatic heterocycles. The van der Waals surface area contributed by atoms with Crippen molar-refractivity contribution in [1.82, 2.24) is 25.3 Å². The maximum atomic E-state index is 11.8. The van der Waals surface area contributed by atoms with Gasteiger partial charge in [-0.1, -0.05) is 11.8 Å². The van der Waals surface area contributed by atoms with Crippen LogP contribution < -0.4 is 10.9 Å². The molecule has 3 heterocycles. The van der Waals surface area contributed by atoms with Crippen LogP contribution in [0.2, 0.25) is 0 Å². The quantitative estimate of drug-likeness (QED) is 0.530. The Labute approximate surface area is 134 Å². The molecular formula is C14H13N5O3S. The molecule has 0 atom stereocenters. The molecule has 0 unspecified atom stereocenters. The first-order valence-electron chi connectivity index (χ1n) is 6.78. The molecule has 1 amide bonds. The van der Waals surface area contributed by atoms with Gasteiger partial charge in [-0.05, 0) is 19.1 Å². The number of fused-ring (bicyclic) bond motifs is 1. The molecule has 0 spiro atoms. The van der Waals surface area contributed by atoms with Gasteiger partial charge in [-0.3, -0.25) is 9.59 Å². The number of oxazole rings is 1. The Bertz CT molecular complexity index is 872. The van der Waals surface area contributed by atoms with Crippen LogP contribution >= 0.6 is 11.8 Å². The second-order valence-corrected chi connectivity index (χ2v) is 5.65. The number of aromatic nitrogens is 4. The summed E-state index contributed by atoms with van der Waals surface area (Å²) in [5.74, 6) is 0.304. The zero-order chi connectivity index (χ0) is 16.2. The highest BCUT2D eigenvalue weighted by atomic mass is 32.2. The van der Waals surface area contributed by atoms with Crippen molar-refractivity contribution >= 4 is 28.9 Å². The van der Waals surface area contributed by atoms with Gasteiger partial charge in [0.15, 0.2) is 16.4 Å². The summed E-state index contributed by atoms with van der Waals surface area (Å²) in [4.78, 5) is 38.1. The number of aryl methyl sites for hydroxylation is 1. The largest absolute Gasteiger partial charge is 0.437 e. The van der Waals surface area contributed by atoms with Gasteiger partial charge in [0.25, 0.3) is 5.56 Å². The van der Waals surface area contributed by atoms with E-state index in [0.29, 0.717) is 28.0 Å². The van der Waals surface area contributed by atoms with Crippen LogP contribution in [0.3, 0.4) is 0 Å². The summed E-state index contributed by atoms with van der Waals surface area (Å²) in [6.45, 7) is 1.90. The van der Waals surface area contributed by atoms with Gasteiger partial charge in [-0.15, -0.1) is 0 Å². The van der Waals surface area contributed by atoms with E-state index in [2.05, 4.69) is 25.3 Å². The first-order valence-corrected chi connectivity index (χ1v) is 7.76. The lowest BCUT2D eigenvalue weighted by Gasteiger charge is -2.02. The van der Waals surface area contributed by atoms with Gasteiger partial charge in [0.1, 0.15) is 0 Å². The highest BCUT2D eigenvalue weighted by Crippen LogP contribution is 2.13. The predicted octanol–water partition coefficient (Wildman–Crippen LogP) is 1.02. The van der Waals surface area contributed by atoms with Gasteiger partial charge in [0, 0.05) is 18.0 Å². The highest BCUT2D eigenvalue weighted by molar-refractivity contribution is 7.99. The second-order valence-electron chi connectivity index (χ2n) is 4.69. The number of carbonyl (C=O) groups excluding carboxylic acids is 1. The molecule has 118 valence electrons. The van der Waals surface area contributed by atoms with Crippen LogP contribution in [-0.4, -0.2) is 31.6 Å². The number of H-pyrrole nitrogens is 1. The molecule has 0 aliphatic carbocycles. The summed E-state index contributed by atoms with van der Waals surface area (Å²) in [5.41, 5.74) is 1.45. The molecule has 8 nitrogen and oxygen atoms in total. The average molecular weight is 331 g/mol. The first-order chi connectivity index (χ1) is 11.1. The van der Waals surface area contributed by atoms with Crippen LogP contribution in [0.4, 0.5) is 0 Å². The van der Waals surface area contributed by atoms with Crippen molar-refractivity contribution in [2.75, 3.05) is 5.75 Å². The van der Waals surface area contributed by atoms with Gasteiger partial charge in [0.05, 0.1) is 12.3 Å². The van der Waals surface area contributed by atoms with Gasteiger partial charge < -0.3 is 14.7 Å². The van der Waals surface area contributed by atoms with Crippen molar-refractivity contribution < 1.29 is 9.21 Å². The molecule has 23 heavy (non-hydrogen) atoms. The van der Waals surface area contributed by atoms with E-state index in [0.717, 1.165) is 11.8 Å². The number of nitrogens with one attached hydrogen (secondary N) is 2. The van der Waals surface area contributed by atoms with E-state index in [-0.39, 0.29) is 23.8 Å². The summed E-state index contributed by atoms with van der Waals surface area (Å²) in [6, 6.07) is 4.91. The van der Waals surface area contributed by atoms with Gasteiger partial charge in [-0.25, -0.2) is 9.97 Å². The van der Waals surface area contributed by atoms with Crippen molar-refractivity contribution in [3.63, 3.8) is 0 Å². The maximum absolute atomic E-state index is 11.8. The molecule has 0 fully saturated rings. The Hall–Kier alpha value is -2.68. The van der Waals surface area contributed by atoms with Gasteiger partial charge in [0.2, 0.25) is 11.8 Å². The predicted molar refractivity (Wildman–Crippen MR) is 84.0 cm³/mol. The van der Waals surface area contributed by atoms with Crippen LogP contribution in [0, 0.1) is 6.92 Å². The summed E-state index contributed by atoms with van der Waals surface area (Å²) in [6.07, 6.45) is 1.62. The Morgan fingerprint density at radius 1 is 1.43 bits per heavy atom. The molecule has 3 rings (SSSR count). The smallest absolute Gasteiger partial charge is 0.251 e. The first kappa shape index (κ1) is 15.2. The summed E-state index contributed by atoms with van der Waals surface area (Å²) in [5, 5.41) is 3.11. The van der Waals surface area contributed by atoms with E-state index in [4.69, 9.17) is 4.42 Å². The van der Waals surface area contributed by atoms with Crippen LogP contribution in [0.5, 0.6) is 0 Å². The Kier molecular flexibility index (Phi) is 4.38. The van der Waals surface area contributed by atoms with E-state index in [9.17, 15) is 9.59 Å². The molecule has 2 N–H and O–H groups in total. The SMILES string of the molecule is Cc1cc(=O)[nH]c(SCC(=O)NCc2nc3ncccc3o2)n1. The zero-order valence-corrected chi connectivity index (χ0v) is 13.0. The lowest BCUT2D eigenvalue weighted by molar-refractivity contribution is -0.118. The number of hydrogen-bond donors (Lipinski definition) is 2. The maximum Gasteiger partial charge on any atom is 0.251 e. The van der Waals surface area contributed by atoms with E-state index in [1.807, 2.05) is 0 Å². The molecule has 0 aromatic carbocycles. The summed E-state index contributed by atoms with van der Waals surface area (Å²) >= 11 is 1.15. The molecule has 0 saturated heterocycles. The Balaban J connectivity index is 1.54. The number of amides is 1. The number of carbonyl (C=O) groups is 1. The third-order valence-corrected chi connectivity index (χ3v) is 3.71. The minimum Gasteiger partial charge on any atom is -0.437 e. The molecular weight excluding hydrogens is 318 g/mol. The number of nitrogens with zero attached hydrogens (tertiary/aromatic N) is 3. The van der Waals surface area contributed by atoms with Crippen LogP contribution in [0.15, 0.2) is 38.8 Å². The van der Waals surface area contributed by atoms with Crippen molar-refractivity contribution in [2.24, 2.45) is 0 Å². The average Bonchev–Trinajstić information content (AvgIpc) is 2.93. The van der Waals surface area contributed by atoms with Crippen molar-refractivity contribution in [3.05, 3.63) is 46.3 Å². The molecule has 3 aromatic heterocycles. The minimum atomic E-state index is -0.237. The Morgan fingerprint density at radius 2 is 2.30 bits per heavy atom. The van der Waals surface area contributed by atoms with Crippen LogP contribution in [0.25, 0.3) is 11.2 Å². The van der Waals surface area contributed by atoms with Gasteiger partial charge in [-0.2, -0.15) is 4.98 Å². The fourth-order valence-corrected chi connectivity index (χ4v) is 2.62. The number of hydrogen-bond acceptors (Lipinski definition) is 7. The van der Waals surface area contributed by atoms with E-state index < -0.39 is 0 Å². The van der Waals surface area contributed by atoms with Crippen molar-refractivity contribution in [1.29, 1.82) is 0 Å². The van der Waals surface area contributed by atoms with E-state index in [1.165, 1.54) is 6.07 Å². The monoisotopic (exact) mass is 331 g/mol. The normalized spacial score (nSPS) is 10.8. The standard InChI is InChI=1S/C14H13N5O3S/c1-8-5-10(20)18-14(17-8)23-7-11(21)16-6-12-19-13-9(22-12)3-2-4-15-13/h2-5H,6-7H2,1H3,(H,16,21)(H,17,18,20). The molecule has 0 bridgehead atoms. The molecule has 0 aliphatic rings. The van der Waals surface area contributed by atoms with Crippen molar-refractivity contribution in [2.45, 2.75) is 18.6 Å². The third-order valence-electron chi connectivity index (χ3n) is 2.83. The highest BCUT2D eigenvalue weighted by Gasteiger charge is 2.09. The number of thioether (sulfide) groups is 1. The second kappa shape index (κ2) is 6.61. The van der Waals surface area contributed by atoms with Gasteiger partial charge >= 0.3 is 0 Å². The van der Waals surface area contributed by atoms with Crippen LogP contribution in [-0.2, 0) is 11.3 Å². The number of pyridine rings is 1. The van der Waals surface area contributed by atoms with Crippen molar-refractivity contribution in [3.8, 4) is 0 Å². The molecule has 3 aromatic rings. The number of aromatic amines is 1. The zero-order valence-electron chi connectivity index (χ0n) is 12.2. The fourth-order valence-electron chi connectivity index (χ4n) is 1.87. The van der Waals surface area contributed by atoms with E-state index in [1.54, 1.807) is 25.3 Å². The molecule has 0 saturated carbocycles. The fraction of sp³-hybridized carbons (Fsp3) is 0.214. The molecule has 0 radical (unpaired) electrons. The lowest BCUT2D eigenvalue weighted by Crippen LogP contribution is -2.25. The van der Waals surface area contributed by atoms with E-state index >= 15 is 0 Å². The lowest BCUT2D eigenvalue weighted by atomic mass is 10.5. The topological polar surface area (TPSA) is 114 Å². The third kappa shape index (κ3) is 3.95. The summed E-state index contributed by atoms with van der Waals surface area (Å²) in [7, 11) is 0. The van der Waals surface area contributed by atoms with Crippen LogP contribution in [0.1, 0.15) is 11.6 Å².